The fourth-order valence-electron chi connectivity index (χ4n) is 2.18. The summed E-state index contributed by atoms with van der Waals surface area (Å²) in [5, 5.41) is 3.13. The Bertz CT molecular complexity index is 611. The molecule has 0 aliphatic carbocycles. The highest BCUT2D eigenvalue weighted by Crippen LogP contribution is 2.28. The Balaban J connectivity index is 2.49. The minimum Gasteiger partial charge on any atom is -0.306 e. The standard InChI is InChI=1S/C16H15BrF3N/c1-2-6-21-16(10-7-11(17)9-12(18)8-10)13-4-3-5-14(19)15(13)20/h3-5,7-9,16,21H,2,6H2,1H3. The molecule has 2 aromatic rings. The zero-order valence-corrected chi connectivity index (χ0v) is 13.1. The Morgan fingerprint density at radius 2 is 1.90 bits per heavy atom. The van der Waals surface area contributed by atoms with Crippen LogP contribution in [0.5, 0.6) is 0 Å². The maximum absolute atomic E-state index is 14.0. The van der Waals surface area contributed by atoms with Gasteiger partial charge in [0.2, 0.25) is 0 Å². The highest BCUT2D eigenvalue weighted by atomic mass is 79.9. The molecular weight excluding hydrogens is 343 g/mol. The van der Waals surface area contributed by atoms with Gasteiger partial charge >= 0.3 is 0 Å². The number of hydrogen-bond donors (Lipinski definition) is 1. The monoisotopic (exact) mass is 357 g/mol. The first-order chi connectivity index (χ1) is 10.0. The Kier molecular flexibility index (Phi) is 5.42. The second-order valence-corrected chi connectivity index (χ2v) is 5.65. The third-order valence-electron chi connectivity index (χ3n) is 3.11. The van der Waals surface area contributed by atoms with Crippen LogP contribution in [0.2, 0.25) is 0 Å². The molecule has 0 amide bonds. The first-order valence-corrected chi connectivity index (χ1v) is 7.45. The van der Waals surface area contributed by atoms with Crippen LogP contribution >= 0.6 is 15.9 Å². The molecule has 0 aliphatic rings. The van der Waals surface area contributed by atoms with Gasteiger partial charge in [-0.3, -0.25) is 0 Å². The summed E-state index contributed by atoms with van der Waals surface area (Å²) in [7, 11) is 0. The number of halogens is 4. The van der Waals surface area contributed by atoms with Crippen molar-refractivity contribution < 1.29 is 13.2 Å². The molecular formula is C16H15BrF3N. The van der Waals surface area contributed by atoms with Crippen LogP contribution in [0.4, 0.5) is 13.2 Å². The number of rotatable bonds is 5. The summed E-state index contributed by atoms with van der Waals surface area (Å²) in [6.07, 6.45) is 0.823. The fourth-order valence-corrected chi connectivity index (χ4v) is 2.66. The number of nitrogens with one attached hydrogen (secondary N) is 1. The molecule has 0 saturated heterocycles. The van der Waals surface area contributed by atoms with E-state index in [4.69, 9.17) is 0 Å². The maximum atomic E-state index is 14.0. The average Bonchev–Trinajstić information content (AvgIpc) is 2.42. The molecule has 0 bridgehead atoms. The Morgan fingerprint density at radius 3 is 2.57 bits per heavy atom. The van der Waals surface area contributed by atoms with Crippen LogP contribution in [-0.2, 0) is 0 Å². The van der Waals surface area contributed by atoms with Gasteiger partial charge in [0, 0.05) is 10.0 Å². The minimum absolute atomic E-state index is 0.168. The van der Waals surface area contributed by atoms with Crippen molar-refractivity contribution >= 4 is 15.9 Å². The normalized spacial score (nSPS) is 12.4. The maximum Gasteiger partial charge on any atom is 0.163 e. The molecule has 21 heavy (non-hydrogen) atoms. The van der Waals surface area contributed by atoms with Crippen LogP contribution in [0, 0.1) is 17.5 Å². The number of benzene rings is 2. The summed E-state index contributed by atoms with van der Waals surface area (Å²) >= 11 is 3.22. The highest BCUT2D eigenvalue weighted by Gasteiger charge is 2.20. The van der Waals surface area contributed by atoms with Gasteiger partial charge in [-0.1, -0.05) is 35.0 Å². The van der Waals surface area contributed by atoms with Gasteiger partial charge in [0.05, 0.1) is 6.04 Å². The zero-order chi connectivity index (χ0) is 15.4. The number of hydrogen-bond acceptors (Lipinski definition) is 1. The van der Waals surface area contributed by atoms with Crippen LogP contribution in [-0.4, -0.2) is 6.54 Å². The summed E-state index contributed by atoms with van der Waals surface area (Å²) in [6, 6.07) is 7.75. The second-order valence-electron chi connectivity index (χ2n) is 4.73. The van der Waals surface area contributed by atoms with Gasteiger partial charge in [-0.25, -0.2) is 13.2 Å². The lowest BCUT2D eigenvalue weighted by Gasteiger charge is -2.20. The molecule has 0 fully saturated rings. The van der Waals surface area contributed by atoms with Crippen molar-refractivity contribution in [3.8, 4) is 0 Å². The van der Waals surface area contributed by atoms with Gasteiger partial charge in [-0.2, -0.15) is 0 Å². The molecule has 1 unspecified atom stereocenters. The molecule has 2 aromatic carbocycles. The molecule has 2 rings (SSSR count). The van der Waals surface area contributed by atoms with E-state index in [9.17, 15) is 13.2 Å². The molecule has 0 heterocycles. The predicted molar refractivity (Wildman–Crippen MR) is 80.6 cm³/mol. The highest BCUT2D eigenvalue weighted by molar-refractivity contribution is 9.10. The third kappa shape index (κ3) is 3.86. The van der Waals surface area contributed by atoms with E-state index in [2.05, 4.69) is 21.2 Å². The Labute approximate surface area is 130 Å². The summed E-state index contributed by atoms with van der Waals surface area (Å²) < 4.78 is 41.6. The fraction of sp³-hybridized carbons (Fsp3) is 0.250. The van der Waals surface area contributed by atoms with Gasteiger partial charge in [0.15, 0.2) is 11.6 Å². The first-order valence-electron chi connectivity index (χ1n) is 6.66. The van der Waals surface area contributed by atoms with Crippen LogP contribution in [0.3, 0.4) is 0 Å². The minimum atomic E-state index is -0.911. The molecule has 1 nitrogen and oxygen atoms in total. The van der Waals surface area contributed by atoms with Crippen molar-refractivity contribution in [1.29, 1.82) is 0 Å². The van der Waals surface area contributed by atoms with Crippen molar-refractivity contribution in [3.63, 3.8) is 0 Å². The van der Waals surface area contributed by atoms with Crippen molar-refractivity contribution in [2.75, 3.05) is 6.54 Å². The van der Waals surface area contributed by atoms with E-state index in [-0.39, 0.29) is 5.56 Å². The SMILES string of the molecule is CCCNC(c1cc(F)cc(Br)c1)c1cccc(F)c1F. The summed E-state index contributed by atoms with van der Waals surface area (Å²) in [6.45, 7) is 2.57. The van der Waals surface area contributed by atoms with E-state index < -0.39 is 23.5 Å². The summed E-state index contributed by atoms with van der Waals surface area (Å²) in [5.74, 6) is -2.25. The Morgan fingerprint density at radius 1 is 1.14 bits per heavy atom. The third-order valence-corrected chi connectivity index (χ3v) is 3.57. The molecule has 0 saturated carbocycles. The van der Waals surface area contributed by atoms with E-state index >= 15 is 0 Å². The lowest BCUT2D eigenvalue weighted by molar-refractivity contribution is 0.479. The van der Waals surface area contributed by atoms with E-state index in [1.165, 1.54) is 24.3 Å². The second kappa shape index (κ2) is 7.09. The van der Waals surface area contributed by atoms with Gasteiger partial charge < -0.3 is 5.32 Å². The largest absolute Gasteiger partial charge is 0.306 e. The summed E-state index contributed by atoms with van der Waals surface area (Å²) in [5.41, 5.74) is 0.709. The smallest absolute Gasteiger partial charge is 0.163 e. The Hall–Kier alpha value is -1.33. The summed E-state index contributed by atoms with van der Waals surface area (Å²) in [4.78, 5) is 0. The molecule has 112 valence electrons. The van der Waals surface area contributed by atoms with Crippen molar-refractivity contribution in [2.24, 2.45) is 0 Å². The van der Waals surface area contributed by atoms with Crippen LogP contribution in [0.15, 0.2) is 40.9 Å². The van der Waals surface area contributed by atoms with Crippen molar-refractivity contribution in [2.45, 2.75) is 19.4 Å². The molecule has 0 radical (unpaired) electrons. The van der Waals surface area contributed by atoms with Crippen molar-refractivity contribution in [3.05, 3.63) is 69.4 Å². The molecule has 1 N–H and O–H groups in total. The zero-order valence-electron chi connectivity index (χ0n) is 11.5. The van der Waals surface area contributed by atoms with E-state index in [1.807, 2.05) is 6.92 Å². The quantitative estimate of drug-likeness (QED) is 0.797. The average molecular weight is 358 g/mol. The van der Waals surface area contributed by atoms with Crippen LogP contribution in [0.1, 0.15) is 30.5 Å². The molecule has 1 atom stereocenters. The van der Waals surface area contributed by atoms with Crippen molar-refractivity contribution in [1.82, 2.24) is 5.32 Å². The van der Waals surface area contributed by atoms with E-state index in [1.54, 1.807) is 6.07 Å². The lowest BCUT2D eigenvalue weighted by atomic mass is 9.97. The molecule has 0 spiro atoms. The predicted octanol–water partition coefficient (Wildman–Crippen LogP) is 4.96. The lowest BCUT2D eigenvalue weighted by Crippen LogP contribution is -2.24. The van der Waals surface area contributed by atoms with Crippen LogP contribution < -0.4 is 5.32 Å². The first kappa shape index (κ1) is 16.0. The molecule has 5 heteroatoms. The van der Waals surface area contributed by atoms with Gasteiger partial charge in [-0.05, 0) is 42.8 Å². The molecule has 0 aliphatic heterocycles. The van der Waals surface area contributed by atoms with Gasteiger partial charge in [0.25, 0.3) is 0 Å². The topological polar surface area (TPSA) is 12.0 Å². The van der Waals surface area contributed by atoms with E-state index in [0.717, 1.165) is 12.5 Å². The van der Waals surface area contributed by atoms with Crippen LogP contribution in [0.25, 0.3) is 0 Å². The molecule has 0 aromatic heterocycles. The van der Waals surface area contributed by atoms with E-state index in [0.29, 0.717) is 16.6 Å². The van der Waals surface area contributed by atoms with Gasteiger partial charge in [0.1, 0.15) is 5.82 Å². The van der Waals surface area contributed by atoms with Gasteiger partial charge in [-0.15, -0.1) is 0 Å².